The summed E-state index contributed by atoms with van der Waals surface area (Å²) >= 11 is 0. The van der Waals surface area contributed by atoms with Gasteiger partial charge < -0.3 is 14.2 Å². The third-order valence-electron chi connectivity index (χ3n) is 5.98. The number of rotatable bonds is 2. The van der Waals surface area contributed by atoms with Gasteiger partial charge in [-0.05, 0) is 43.0 Å². The van der Waals surface area contributed by atoms with E-state index in [2.05, 4.69) is 38.1 Å². The average molecular weight is 338 g/mol. The van der Waals surface area contributed by atoms with Crippen LogP contribution in [0.4, 0.5) is 4.79 Å². The predicted molar refractivity (Wildman–Crippen MR) is 93.6 cm³/mol. The maximum absolute atomic E-state index is 12.1. The van der Waals surface area contributed by atoms with Crippen molar-refractivity contribution in [3.8, 4) is 0 Å². The number of hydrogen-bond acceptors (Lipinski definition) is 4. The number of benzene rings is 2. The molecule has 0 amide bonds. The second-order valence-corrected chi connectivity index (χ2v) is 7.20. The lowest BCUT2D eigenvalue weighted by molar-refractivity contribution is -0.116. The minimum Gasteiger partial charge on any atom is -0.426 e. The molecule has 1 aliphatic carbocycles. The standard InChI is InChI=1S/C21H22O4/c1-13-9-5-6-10-14(13)20(2)15-11-7-8-12-16(15)21(3,23-4)18-17(20)24-19(22)25-18/h5-12,17-18H,1-4H3/t17-,18+,20-,21-/m1/s1. The molecule has 2 aromatic carbocycles. The highest BCUT2D eigenvalue weighted by Crippen LogP contribution is 2.54. The zero-order valence-electron chi connectivity index (χ0n) is 14.9. The largest absolute Gasteiger partial charge is 0.509 e. The van der Waals surface area contributed by atoms with Crippen LogP contribution in [0.25, 0.3) is 0 Å². The Labute approximate surface area is 147 Å². The van der Waals surface area contributed by atoms with Gasteiger partial charge in [0.25, 0.3) is 0 Å². The molecule has 4 rings (SSSR count). The molecule has 1 fully saturated rings. The summed E-state index contributed by atoms with van der Waals surface area (Å²) in [6.07, 6.45) is -1.60. The number of hydrogen-bond donors (Lipinski definition) is 0. The first-order valence-electron chi connectivity index (χ1n) is 8.51. The molecule has 2 aromatic rings. The molecule has 1 saturated heterocycles. The number of aryl methyl sites for hydroxylation is 1. The van der Waals surface area contributed by atoms with Crippen molar-refractivity contribution in [2.75, 3.05) is 7.11 Å². The van der Waals surface area contributed by atoms with Crippen molar-refractivity contribution in [2.45, 2.75) is 44.0 Å². The fourth-order valence-corrected chi connectivity index (χ4v) is 4.54. The van der Waals surface area contributed by atoms with Crippen molar-refractivity contribution in [3.63, 3.8) is 0 Å². The summed E-state index contributed by atoms with van der Waals surface area (Å²) < 4.78 is 17.2. The van der Waals surface area contributed by atoms with Crippen LogP contribution in [0.2, 0.25) is 0 Å². The zero-order chi connectivity index (χ0) is 17.8. The fraction of sp³-hybridized carbons (Fsp3) is 0.381. The smallest absolute Gasteiger partial charge is 0.426 e. The Morgan fingerprint density at radius 1 is 0.880 bits per heavy atom. The Hall–Kier alpha value is -2.33. The van der Waals surface area contributed by atoms with Crippen molar-refractivity contribution in [1.29, 1.82) is 0 Å². The van der Waals surface area contributed by atoms with Gasteiger partial charge in [-0.2, -0.15) is 0 Å². The van der Waals surface area contributed by atoms with Gasteiger partial charge in [0.05, 0.1) is 5.41 Å². The first-order chi connectivity index (χ1) is 11.9. The van der Waals surface area contributed by atoms with Gasteiger partial charge in [-0.1, -0.05) is 48.5 Å². The van der Waals surface area contributed by atoms with E-state index in [-0.39, 0.29) is 0 Å². The SMILES string of the molecule is CO[C@]1(C)c2ccccc2[C@@](C)(c2ccccc2C)[C@@H]2OC(=O)O[C@@H]21. The van der Waals surface area contributed by atoms with Gasteiger partial charge in [0, 0.05) is 7.11 Å². The van der Waals surface area contributed by atoms with Crippen molar-refractivity contribution < 1.29 is 19.0 Å². The molecular formula is C21H22O4. The van der Waals surface area contributed by atoms with Crippen molar-refractivity contribution in [1.82, 2.24) is 0 Å². The van der Waals surface area contributed by atoms with Gasteiger partial charge in [-0.3, -0.25) is 0 Å². The second-order valence-electron chi connectivity index (χ2n) is 7.20. The van der Waals surface area contributed by atoms with Crippen LogP contribution in [0.1, 0.15) is 36.1 Å². The topological polar surface area (TPSA) is 44.8 Å². The number of ether oxygens (including phenoxy) is 3. The highest BCUT2D eigenvalue weighted by molar-refractivity contribution is 5.66. The summed E-state index contributed by atoms with van der Waals surface area (Å²) in [6.45, 7) is 6.17. The normalized spacial score (nSPS) is 33.2. The van der Waals surface area contributed by atoms with Crippen LogP contribution in [-0.4, -0.2) is 25.5 Å². The maximum Gasteiger partial charge on any atom is 0.509 e. The predicted octanol–water partition coefficient (Wildman–Crippen LogP) is 4.08. The lowest BCUT2D eigenvalue weighted by atomic mass is 9.59. The Morgan fingerprint density at radius 2 is 1.44 bits per heavy atom. The Morgan fingerprint density at radius 3 is 2.08 bits per heavy atom. The molecule has 4 nitrogen and oxygen atoms in total. The summed E-state index contributed by atoms with van der Waals surface area (Å²) in [4.78, 5) is 12.1. The molecule has 4 heteroatoms. The van der Waals surface area contributed by atoms with E-state index in [1.807, 2.05) is 31.2 Å². The van der Waals surface area contributed by atoms with Crippen LogP contribution in [-0.2, 0) is 25.2 Å². The van der Waals surface area contributed by atoms with Crippen molar-refractivity contribution in [2.24, 2.45) is 0 Å². The molecule has 4 atom stereocenters. The highest BCUT2D eigenvalue weighted by atomic mass is 16.8. The maximum atomic E-state index is 12.1. The fourth-order valence-electron chi connectivity index (χ4n) is 4.54. The van der Waals surface area contributed by atoms with E-state index in [4.69, 9.17) is 14.2 Å². The number of carbonyl (C=O) groups is 1. The number of methoxy groups -OCH3 is 1. The lowest BCUT2D eigenvalue weighted by Crippen LogP contribution is -2.58. The first-order valence-corrected chi connectivity index (χ1v) is 8.51. The van der Waals surface area contributed by atoms with Crippen LogP contribution in [0, 0.1) is 6.92 Å². The molecule has 0 saturated carbocycles. The van der Waals surface area contributed by atoms with E-state index >= 15 is 0 Å². The van der Waals surface area contributed by atoms with Crippen LogP contribution in [0.15, 0.2) is 48.5 Å². The van der Waals surface area contributed by atoms with Crippen LogP contribution >= 0.6 is 0 Å². The van der Waals surface area contributed by atoms with E-state index in [1.54, 1.807) is 7.11 Å². The molecule has 0 aromatic heterocycles. The molecule has 0 N–H and O–H groups in total. The molecular weight excluding hydrogens is 316 g/mol. The monoisotopic (exact) mass is 338 g/mol. The Bertz CT molecular complexity index is 845. The van der Waals surface area contributed by atoms with Crippen molar-refractivity contribution in [3.05, 3.63) is 70.8 Å². The molecule has 2 aliphatic rings. The minimum atomic E-state index is -0.754. The molecule has 25 heavy (non-hydrogen) atoms. The highest BCUT2D eigenvalue weighted by Gasteiger charge is 2.63. The first kappa shape index (κ1) is 16.2. The summed E-state index contributed by atoms with van der Waals surface area (Å²) in [5.41, 5.74) is 3.15. The molecule has 0 bridgehead atoms. The molecule has 1 heterocycles. The summed E-state index contributed by atoms with van der Waals surface area (Å²) in [5.74, 6) is 0. The number of carbonyl (C=O) groups excluding carboxylic acids is 1. The van der Waals surface area contributed by atoms with Crippen LogP contribution in [0.3, 0.4) is 0 Å². The van der Waals surface area contributed by atoms with Gasteiger partial charge in [0.15, 0.2) is 12.2 Å². The van der Waals surface area contributed by atoms with E-state index in [1.165, 1.54) is 0 Å². The summed E-state index contributed by atoms with van der Waals surface area (Å²) in [5, 5.41) is 0. The molecule has 0 radical (unpaired) electrons. The van der Waals surface area contributed by atoms with Crippen molar-refractivity contribution >= 4 is 6.16 Å². The van der Waals surface area contributed by atoms with E-state index in [9.17, 15) is 4.79 Å². The number of fused-ring (bicyclic) bond motifs is 2. The van der Waals surface area contributed by atoms with E-state index < -0.39 is 29.4 Å². The average Bonchev–Trinajstić information content (AvgIpc) is 3.03. The molecule has 130 valence electrons. The second kappa shape index (κ2) is 5.33. The van der Waals surface area contributed by atoms with Gasteiger partial charge in [0.1, 0.15) is 5.60 Å². The Balaban J connectivity index is 2.05. The van der Waals surface area contributed by atoms with Crippen LogP contribution in [0.5, 0.6) is 0 Å². The van der Waals surface area contributed by atoms with Gasteiger partial charge in [0.2, 0.25) is 0 Å². The lowest BCUT2D eigenvalue weighted by Gasteiger charge is -2.49. The summed E-state index contributed by atoms with van der Waals surface area (Å²) in [7, 11) is 1.65. The van der Waals surface area contributed by atoms with Gasteiger partial charge >= 0.3 is 6.16 Å². The van der Waals surface area contributed by atoms with Gasteiger partial charge in [-0.15, -0.1) is 0 Å². The van der Waals surface area contributed by atoms with Gasteiger partial charge in [-0.25, -0.2) is 4.79 Å². The molecule has 0 spiro atoms. The third-order valence-corrected chi connectivity index (χ3v) is 5.98. The van der Waals surface area contributed by atoms with E-state index in [0.29, 0.717) is 0 Å². The summed E-state index contributed by atoms with van der Waals surface area (Å²) in [6, 6.07) is 16.4. The van der Waals surface area contributed by atoms with Crippen LogP contribution < -0.4 is 0 Å². The zero-order valence-corrected chi connectivity index (χ0v) is 14.9. The molecule has 1 aliphatic heterocycles. The third kappa shape index (κ3) is 2.00. The molecule has 0 unspecified atom stereocenters. The quantitative estimate of drug-likeness (QED) is 0.774. The van der Waals surface area contributed by atoms with E-state index in [0.717, 1.165) is 22.3 Å². The minimum absolute atomic E-state index is 0.457. The Kier molecular flexibility index (Phi) is 3.45.